The lowest BCUT2D eigenvalue weighted by Gasteiger charge is -2.51. The van der Waals surface area contributed by atoms with Gasteiger partial charge in [0.1, 0.15) is 18.5 Å². The number of aliphatic hydroxyl groups is 1. The van der Waals surface area contributed by atoms with Crippen molar-refractivity contribution < 1.29 is 15.1 Å². The Balaban J connectivity index is 1.53. The van der Waals surface area contributed by atoms with Gasteiger partial charge in [-0.15, -0.1) is 0 Å². The molecule has 1 heterocycles. The summed E-state index contributed by atoms with van der Waals surface area (Å²) in [4.78, 5) is 0. The van der Waals surface area contributed by atoms with Crippen molar-refractivity contribution in [1.29, 1.82) is 0 Å². The number of rotatable bonds is 6. The van der Waals surface area contributed by atoms with Gasteiger partial charge in [0.2, 0.25) is 0 Å². The highest BCUT2D eigenvalue weighted by molar-refractivity contribution is 5.88. The molecule has 5 nitrogen and oxygen atoms in total. The van der Waals surface area contributed by atoms with Gasteiger partial charge in [0, 0.05) is 29.1 Å². The molecule has 1 saturated heterocycles. The van der Waals surface area contributed by atoms with Gasteiger partial charge in [-0.1, -0.05) is 36.4 Å². The fourth-order valence-electron chi connectivity index (χ4n) is 4.28. The van der Waals surface area contributed by atoms with Crippen LogP contribution >= 0.6 is 0 Å². The zero-order chi connectivity index (χ0) is 19.7. The minimum Gasteiger partial charge on any atom is -0.490 e. The van der Waals surface area contributed by atoms with Crippen LogP contribution in [-0.4, -0.2) is 51.8 Å². The Bertz CT molecular complexity index is 752. The van der Waals surface area contributed by atoms with E-state index in [0.717, 1.165) is 29.4 Å². The molecule has 3 N–H and O–H groups in total. The maximum absolute atomic E-state index is 10.4. The summed E-state index contributed by atoms with van der Waals surface area (Å²) >= 11 is 0. The van der Waals surface area contributed by atoms with Gasteiger partial charge in [-0.05, 0) is 52.0 Å². The predicted molar refractivity (Wildman–Crippen MR) is 108 cm³/mol. The van der Waals surface area contributed by atoms with Crippen molar-refractivity contribution >= 4 is 10.8 Å². The first-order valence-electron chi connectivity index (χ1n) is 9.70. The van der Waals surface area contributed by atoms with Crippen molar-refractivity contribution in [2.75, 3.05) is 13.2 Å². The van der Waals surface area contributed by atoms with Crippen molar-refractivity contribution in [3.05, 3.63) is 42.5 Å². The van der Waals surface area contributed by atoms with Crippen molar-refractivity contribution in [1.82, 2.24) is 10.4 Å². The Hall–Kier alpha value is -1.66. The first-order valence-corrected chi connectivity index (χ1v) is 9.70. The lowest BCUT2D eigenvalue weighted by Crippen LogP contribution is -2.62. The second-order valence-corrected chi connectivity index (χ2v) is 8.89. The number of nitrogens with one attached hydrogen (secondary N) is 1. The predicted octanol–water partition coefficient (Wildman–Crippen LogP) is 3.58. The van der Waals surface area contributed by atoms with E-state index in [4.69, 9.17) is 4.74 Å². The number of hydrogen-bond acceptors (Lipinski definition) is 5. The van der Waals surface area contributed by atoms with E-state index in [1.165, 1.54) is 5.06 Å². The Morgan fingerprint density at radius 2 is 1.70 bits per heavy atom. The number of fused-ring (bicyclic) bond motifs is 1. The lowest BCUT2D eigenvalue weighted by atomic mass is 9.79. The molecule has 2 aromatic rings. The summed E-state index contributed by atoms with van der Waals surface area (Å²) < 4.78 is 5.88. The largest absolute Gasteiger partial charge is 0.490 e. The van der Waals surface area contributed by atoms with E-state index in [1.54, 1.807) is 0 Å². The van der Waals surface area contributed by atoms with Crippen LogP contribution in [0.1, 0.15) is 40.5 Å². The van der Waals surface area contributed by atoms with Crippen molar-refractivity contribution in [3.8, 4) is 5.75 Å². The molecule has 0 bridgehead atoms. The lowest BCUT2D eigenvalue weighted by molar-refractivity contribution is -0.246. The highest BCUT2D eigenvalue weighted by Crippen LogP contribution is 2.36. The van der Waals surface area contributed by atoms with Crippen LogP contribution < -0.4 is 10.1 Å². The van der Waals surface area contributed by atoms with E-state index in [1.807, 2.05) is 58.0 Å². The minimum atomic E-state index is -0.595. The van der Waals surface area contributed by atoms with Crippen molar-refractivity contribution in [2.24, 2.45) is 0 Å². The third-order valence-electron chi connectivity index (χ3n) is 5.46. The van der Waals surface area contributed by atoms with Crippen LogP contribution in [0.15, 0.2) is 42.5 Å². The summed E-state index contributed by atoms with van der Waals surface area (Å²) in [6.45, 7) is 8.89. The topological polar surface area (TPSA) is 65.0 Å². The van der Waals surface area contributed by atoms with Crippen LogP contribution in [0, 0.1) is 0 Å². The maximum Gasteiger partial charge on any atom is 0.127 e. The number of aliphatic hydroxyl groups excluding tert-OH is 1. The SMILES string of the molecule is CC1(C)CC(NCC(O)COc2cccc3ccccc23)CC(C)(C)N1O. The fraction of sp³-hybridized carbons (Fsp3) is 0.545. The molecule has 0 radical (unpaired) electrons. The van der Waals surface area contributed by atoms with Crippen LogP contribution in [0.25, 0.3) is 10.8 Å². The molecule has 5 heteroatoms. The van der Waals surface area contributed by atoms with E-state index in [0.29, 0.717) is 6.54 Å². The third kappa shape index (κ3) is 4.61. The van der Waals surface area contributed by atoms with E-state index in [9.17, 15) is 10.3 Å². The molecule has 3 rings (SSSR count). The summed E-state index contributed by atoms with van der Waals surface area (Å²) in [7, 11) is 0. The standard InChI is InChI=1S/C22H32N2O3/c1-21(2)12-17(13-22(3,4)24(21)26)23-14-18(25)15-27-20-11-7-9-16-8-5-6-10-19(16)20/h5-11,17-18,23,25-26H,12-15H2,1-4H3. The Morgan fingerprint density at radius 3 is 2.41 bits per heavy atom. The number of ether oxygens (including phenoxy) is 1. The fourth-order valence-corrected chi connectivity index (χ4v) is 4.28. The molecular formula is C22H32N2O3. The minimum absolute atomic E-state index is 0.241. The zero-order valence-electron chi connectivity index (χ0n) is 16.8. The Morgan fingerprint density at radius 1 is 1.07 bits per heavy atom. The molecule has 1 atom stereocenters. The van der Waals surface area contributed by atoms with Crippen molar-refractivity contribution in [3.63, 3.8) is 0 Å². The van der Waals surface area contributed by atoms with E-state index < -0.39 is 6.10 Å². The molecule has 27 heavy (non-hydrogen) atoms. The molecule has 1 fully saturated rings. The average molecular weight is 373 g/mol. The van der Waals surface area contributed by atoms with E-state index in [-0.39, 0.29) is 23.7 Å². The Labute approximate surface area is 161 Å². The van der Waals surface area contributed by atoms with Gasteiger partial charge >= 0.3 is 0 Å². The summed E-state index contributed by atoms with van der Waals surface area (Å²) in [5.41, 5.74) is -0.604. The normalized spacial score (nSPS) is 21.3. The molecule has 0 spiro atoms. The van der Waals surface area contributed by atoms with Gasteiger partial charge in [-0.2, -0.15) is 5.06 Å². The second kappa shape index (κ2) is 7.76. The van der Waals surface area contributed by atoms with Crippen LogP contribution in [0.3, 0.4) is 0 Å². The molecule has 0 amide bonds. The van der Waals surface area contributed by atoms with E-state index in [2.05, 4.69) is 17.4 Å². The number of hydrogen-bond donors (Lipinski definition) is 3. The highest BCUT2D eigenvalue weighted by atomic mass is 16.5. The third-order valence-corrected chi connectivity index (χ3v) is 5.46. The number of benzene rings is 2. The molecule has 0 saturated carbocycles. The highest BCUT2D eigenvalue weighted by Gasteiger charge is 2.44. The Kier molecular flexibility index (Phi) is 5.77. The molecular weight excluding hydrogens is 340 g/mol. The second-order valence-electron chi connectivity index (χ2n) is 8.89. The van der Waals surface area contributed by atoms with Crippen molar-refractivity contribution in [2.45, 2.75) is 63.8 Å². The van der Waals surface area contributed by atoms with Crippen LogP contribution in [-0.2, 0) is 0 Å². The average Bonchev–Trinajstić information content (AvgIpc) is 2.62. The quantitative estimate of drug-likeness (QED) is 0.723. The molecule has 0 aliphatic carbocycles. The number of hydroxylamine groups is 2. The van der Waals surface area contributed by atoms with Crippen LogP contribution in [0.5, 0.6) is 5.75 Å². The van der Waals surface area contributed by atoms with E-state index >= 15 is 0 Å². The van der Waals surface area contributed by atoms with Gasteiger partial charge < -0.3 is 20.4 Å². The van der Waals surface area contributed by atoms with Gasteiger partial charge in [-0.3, -0.25) is 0 Å². The number of piperidine rings is 1. The summed E-state index contributed by atoms with van der Waals surface area (Å²) in [5.74, 6) is 0.794. The van der Waals surface area contributed by atoms with Gasteiger partial charge in [0.05, 0.1) is 0 Å². The molecule has 1 aliphatic rings. The van der Waals surface area contributed by atoms with Gasteiger partial charge in [0.25, 0.3) is 0 Å². The molecule has 1 aliphatic heterocycles. The summed E-state index contributed by atoms with van der Waals surface area (Å²) in [6, 6.07) is 14.3. The van der Waals surface area contributed by atoms with Gasteiger partial charge in [-0.25, -0.2) is 0 Å². The first kappa shape index (κ1) is 20.1. The molecule has 0 aromatic heterocycles. The first-order chi connectivity index (χ1) is 12.7. The summed E-state index contributed by atoms with van der Waals surface area (Å²) in [6.07, 6.45) is 1.05. The smallest absolute Gasteiger partial charge is 0.127 e. The maximum atomic E-state index is 10.4. The van der Waals surface area contributed by atoms with Crippen LogP contribution in [0.2, 0.25) is 0 Å². The zero-order valence-corrected chi connectivity index (χ0v) is 16.8. The molecule has 2 aromatic carbocycles. The van der Waals surface area contributed by atoms with Gasteiger partial charge in [0.15, 0.2) is 0 Å². The monoisotopic (exact) mass is 372 g/mol. The molecule has 1 unspecified atom stereocenters. The number of nitrogens with zero attached hydrogens (tertiary/aromatic N) is 1. The summed E-state index contributed by atoms with van der Waals surface area (Å²) in [5, 5.41) is 27.9. The molecule has 148 valence electrons. The van der Waals surface area contributed by atoms with Crippen LogP contribution in [0.4, 0.5) is 0 Å².